The van der Waals surface area contributed by atoms with Crippen LogP contribution >= 0.6 is 0 Å². The van der Waals surface area contributed by atoms with Crippen LogP contribution in [0.3, 0.4) is 0 Å². The zero-order valence-electron chi connectivity index (χ0n) is 14.3. The number of alkyl carbamates (subject to hydrolysis) is 1. The average Bonchev–Trinajstić information content (AvgIpc) is 3.04. The molecule has 1 rings (SSSR count). The molecule has 0 bridgehead atoms. The van der Waals surface area contributed by atoms with Crippen LogP contribution in [0.25, 0.3) is 0 Å². The van der Waals surface area contributed by atoms with Crippen LogP contribution in [0.2, 0.25) is 0 Å². The van der Waals surface area contributed by atoms with Crippen molar-refractivity contribution in [1.82, 2.24) is 20.3 Å². The van der Waals surface area contributed by atoms with Crippen molar-refractivity contribution in [3.8, 4) is 0 Å². The van der Waals surface area contributed by atoms with Gasteiger partial charge >= 0.3 is 6.09 Å². The van der Waals surface area contributed by atoms with E-state index in [4.69, 9.17) is 14.2 Å². The van der Waals surface area contributed by atoms with E-state index in [9.17, 15) is 9.59 Å². The van der Waals surface area contributed by atoms with Crippen molar-refractivity contribution in [3.63, 3.8) is 0 Å². The van der Waals surface area contributed by atoms with E-state index in [0.717, 1.165) is 6.42 Å². The number of carbonyl (C=O) groups is 2. The molecule has 9 heteroatoms. The van der Waals surface area contributed by atoms with Crippen LogP contribution in [-0.2, 0) is 32.1 Å². The van der Waals surface area contributed by atoms with Gasteiger partial charge < -0.3 is 19.5 Å². The fourth-order valence-corrected chi connectivity index (χ4v) is 1.60. The van der Waals surface area contributed by atoms with E-state index in [2.05, 4.69) is 15.6 Å². The molecule has 1 heterocycles. The molecule has 0 aromatic carbocycles. The van der Waals surface area contributed by atoms with Crippen LogP contribution in [0.15, 0.2) is 6.20 Å². The maximum absolute atomic E-state index is 11.3. The molecule has 1 aromatic heterocycles. The molecule has 1 amide bonds. The lowest BCUT2D eigenvalue weighted by molar-refractivity contribution is -0.123. The molecule has 0 unspecified atom stereocenters. The third kappa shape index (κ3) is 9.21. The third-order valence-corrected chi connectivity index (χ3v) is 2.93. The number of aromatic nitrogens is 3. The van der Waals surface area contributed by atoms with Gasteiger partial charge in [0.15, 0.2) is 5.78 Å². The number of nitrogens with one attached hydrogen (secondary N) is 1. The summed E-state index contributed by atoms with van der Waals surface area (Å²) in [7, 11) is 0. The number of nitrogens with zero attached hydrogens (tertiary/aromatic N) is 3. The van der Waals surface area contributed by atoms with Gasteiger partial charge in [0.05, 0.1) is 45.7 Å². The monoisotopic (exact) mass is 342 g/mol. The molecular weight excluding hydrogens is 316 g/mol. The van der Waals surface area contributed by atoms with Gasteiger partial charge in [-0.25, -0.2) is 9.48 Å². The molecule has 0 aliphatic rings. The van der Waals surface area contributed by atoms with Crippen molar-refractivity contribution in [1.29, 1.82) is 0 Å². The molecule has 9 nitrogen and oxygen atoms in total. The lowest BCUT2D eigenvalue weighted by atomic mass is 10.3. The van der Waals surface area contributed by atoms with Crippen molar-refractivity contribution in [2.24, 2.45) is 0 Å². The standard InChI is InChI=1S/C15H26N4O5/c1-3-6-24-15(21)16-10-13-11-19(18-17-13)5-7-22-8-9-23-12-14(20)4-2/h11H,3-10,12H2,1-2H3,(H,16,21). The molecule has 0 radical (unpaired) electrons. The highest BCUT2D eigenvalue weighted by Gasteiger charge is 2.05. The van der Waals surface area contributed by atoms with Crippen molar-refractivity contribution in [3.05, 3.63) is 11.9 Å². The first-order valence-corrected chi connectivity index (χ1v) is 8.12. The van der Waals surface area contributed by atoms with Crippen molar-refractivity contribution < 1.29 is 23.8 Å². The summed E-state index contributed by atoms with van der Waals surface area (Å²) >= 11 is 0. The van der Waals surface area contributed by atoms with E-state index in [-0.39, 0.29) is 18.9 Å². The Hall–Kier alpha value is -2.00. The predicted octanol–water partition coefficient (Wildman–Crippen LogP) is 0.927. The van der Waals surface area contributed by atoms with Crippen molar-refractivity contribution >= 4 is 11.9 Å². The first kappa shape index (κ1) is 20.0. The largest absolute Gasteiger partial charge is 0.450 e. The summed E-state index contributed by atoms with van der Waals surface area (Å²) in [5.74, 6) is 0.0809. The Labute approximate surface area is 141 Å². The van der Waals surface area contributed by atoms with Gasteiger partial charge in [-0.1, -0.05) is 19.1 Å². The number of carbonyl (C=O) groups excluding carboxylic acids is 2. The number of Topliss-reactive ketones (excluding diaryl/α,β-unsaturated/α-hetero) is 1. The van der Waals surface area contributed by atoms with Gasteiger partial charge in [-0.05, 0) is 6.42 Å². The van der Waals surface area contributed by atoms with Gasteiger partial charge in [0.2, 0.25) is 0 Å². The highest BCUT2D eigenvalue weighted by Crippen LogP contribution is 1.94. The normalized spacial score (nSPS) is 10.6. The van der Waals surface area contributed by atoms with Gasteiger partial charge in [0.25, 0.3) is 0 Å². The molecule has 136 valence electrons. The Bertz CT molecular complexity index is 492. The van der Waals surface area contributed by atoms with E-state index in [1.165, 1.54) is 0 Å². The number of amides is 1. The minimum absolute atomic E-state index is 0.0809. The van der Waals surface area contributed by atoms with Crippen LogP contribution in [0.1, 0.15) is 32.4 Å². The summed E-state index contributed by atoms with van der Waals surface area (Å²) in [6.07, 6.45) is 2.54. The number of ether oxygens (including phenoxy) is 3. The average molecular weight is 342 g/mol. The summed E-state index contributed by atoms with van der Waals surface area (Å²) in [5.41, 5.74) is 0.643. The molecule has 0 fully saturated rings. The summed E-state index contributed by atoms with van der Waals surface area (Å²) in [6.45, 7) is 6.34. The molecule has 0 saturated carbocycles. The smallest absolute Gasteiger partial charge is 0.407 e. The maximum Gasteiger partial charge on any atom is 0.407 e. The van der Waals surface area contributed by atoms with Gasteiger partial charge in [-0.2, -0.15) is 0 Å². The van der Waals surface area contributed by atoms with Gasteiger partial charge in [0.1, 0.15) is 12.3 Å². The molecule has 0 spiro atoms. The summed E-state index contributed by atoms with van der Waals surface area (Å²) in [4.78, 5) is 22.3. The second kappa shape index (κ2) is 12.4. The minimum atomic E-state index is -0.462. The highest BCUT2D eigenvalue weighted by atomic mass is 16.5. The van der Waals surface area contributed by atoms with Crippen molar-refractivity contribution in [2.45, 2.75) is 39.8 Å². The highest BCUT2D eigenvalue weighted by molar-refractivity contribution is 5.79. The number of hydrogen-bond donors (Lipinski definition) is 1. The summed E-state index contributed by atoms with van der Waals surface area (Å²) in [6, 6.07) is 0. The topological polar surface area (TPSA) is 105 Å². The quantitative estimate of drug-likeness (QED) is 0.532. The van der Waals surface area contributed by atoms with E-state index in [1.54, 1.807) is 17.8 Å². The van der Waals surface area contributed by atoms with Crippen molar-refractivity contribution in [2.75, 3.05) is 33.0 Å². The van der Waals surface area contributed by atoms with Crippen LogP contribution < -0.4 is 5.32 Å². The summed E-state index contributed by atoms with van der Waals surface area (Å²) < 4.78 is 17.1. The van der Waals surface area contributed by atoms with E-state index >= 15 is 0 Å². The molecule has 1 aromatic rings. The number of ketones is 1. The lowest BCUT2D eigenvalue weighted by Gasteiger charge is -2.05. The number of rotatable bonds is 13. The Morgan fingerprint density at radius 1 is 1.17 bits per heavy atom. The fourth-order valence-electron chi connectivity index (χ4n) is 1.60. The van der Waals surface area contributed by atoms with Gasteiger partial charge in [-0.15, -0.1) is 5.10 Å². The first-order chi connectivity index (χ1) is 11.7. The zero-order chi connectivity index (χ0) is 17.6. The fraction of sp³-hybridized carbons (Fsp3) is 0.733. The van der Waals surface area contributed by atoms with E-state index < -0.39 is 6.09 Å². The Morgan fingerprint density at radius 2 is 1.96 bits per heavy atom. The molecule has 0 aliphatic carbocycles. The number of hydrogen-bond acceptors (Lipinski definition) is 7. The third-order valence-electron chi connectivity index (χ3n) is 2.93. The lowest BCUT2D eigenvalue weighted by Crippen LogP contribution is -2.24. The molecule has 1 N–H and O–H groups in total. The molecule has 0 saturated heterocycles. The molecular formula is C15H26N4O5. The molecule has 0 atom stereocenters. The Morgan fingerprint density at radius 3 is 2.71 bits per heavy atom. The predicted molar refractivity (Wildman–Crippen MR) is 85.4 cm³/mol. The van der Waals surface area contributed by atoms with Gasteiger partial charge in [0, 0.05) is 6.42 Å². The van der Waals surface area contributed by atoms with Crippen LogP contribution in [-0.4, -0.2) is 59.9 Å². The van der Waals surface area contributed by atoms with E-state index in [0.29, 0.717) is 45.1 Å². The minimum Gasteiger partial charge on any atom is -0.450 e. The van der Waals surface area contributed by atoms with Crippen LogP contribution in [0.5, 0.6) is 0 Å². The zero-order valence-corrected chi connectivity index (χ0v) is 14.3. The van der Waals surface area contributed by atoms with Crippen LogP contribution in [0, 0.1) is 0 Å². The van der Waals surface area contributed by atoms with Gasteiger partial charge in [-0.3, -0.25) is 4.79 Å². The second-order valence-electron chi connectivity index (χ2n) is 5.02. The maximum atomic E-state index is 11.3. The van der Waals surface area contributed by atoms with Crippen LogP contribution in [0.4, 0.5) is 4.79 Å². The SMILES string of the molecule is CCCOC(=O)NCc1cn(CCOCCOCC(=O)CC)nn1. The Kier molecular flexibility index (Phi) is 10.4. The molecule has 24 heavy (non-hydrogen) atoms. The first-order valence-electron chi connectivity index (χ1n) is 8.12. The molecule has 0 aliphatic heterocycles. The van der Waals surface area contributed by atoms with E-state index in [1.807, 2.05) is 6.92 Å². The Balaban J connectivity index is 2.07. The second-order valence-corrected chi connectivity index (χ2v) is 5.02. The summed E-state index contributed by atoms with van der Waals surface area (Å²) in [5, 5.41) is 10.5.